The van der Waals surface area contributed by atoms with Crippen LogP contribution in [0.3, 0.4) is 0 Å². The van der Waals surface area contributed by atoms with Crippen molar-refractivity contribution in [2.75, 3.05) is 0 Å². The average Bonchev–Trinajstić information content (AvgIpc) is 2.74. The van der Waals surface area contributed by atoms with Crippen LogP contribution >= 0.6 is 0 Å². The molecule has 2 atom stereocenters. The summed E-state index contributed by atoms with van der Waals surface area (Å²) in [6.45, 7) is 10.2. The minimum absolute atomic E-state index is 0.0418. The first-order valence-electron chi connectivity index (χ1n) is 10.3. The van der Waals surface area contributed by atoms with Crippen molar-refractivity contribution in [3.8, 4) is 11.1 Å². The highest BCUT2D eigenvalue weighted by molar-refractivity contribution is 6.07. The highest BCUT2D eigenvalue weighted by Gasteiger charge is 2.30. The van der Waals surface area contributed by atoms with Crippen molar-refractivity contribution in [3.05, 3.63) is 70.3 Å². The Morgan fingerprint density at radius 1 is 0.931 bits per heavy atom. The Kier molecular flexibility index (Phi) is 6.21. The van der Waals surface area contributed by atoms with E-state index in [9.17, 15) is 9.59 Å². The van der Waals surface area contributed by atoms with Crippen molar-refractivity contribution in [3.63, 3.8) is 0 Å². The second-order valence-electron chi connectivity index (χ2n) is 7.73. The molecule has 0 fully saturated rings. The molecular formula is C25H29NO3. The molecule has 0 saturated carbocycles. The summed E-state index contributed by atoms with van der Waals surface area (Å²) < 4.78 is 5.69. The lowest BCUT2D eigenvalue weighted by Crippen LogP contribution is -2.44. The van der Waals surface area contributed by atoms with Crippen LogP contribution in [0, 0.1) is 6.92 Å². The number of benzene rings is 2. The van der Waals surface area contributed by atoms with E-state index in [1.165, 1.54) is 0 Å². The van der Waals surface area contributed by atoms with E-state index in [-0.39, 0.29) is 23.8 Å². The number of rotatable bonds is 6. The molecule has 0 bridgehead atoms. The van der Waals surface area contributed by atoms with Gasteiger partial charge in [-0.25, -0.2) is 4.79 Å². The zero-order valence-electron chi connectivity index (χ0n) is 17.9. The SMILES string of the molecule is CCC(C)N(C(=O)c1oc(=O)c2ccccc2c1-c1ccc(C)cc1)C(C)CC. The van der Waals surface area contributed by atoms with Gasteiger partial charge in [0, 0.05) is 23.0 Å². The molecule has 0 N–H and O–H groups in total. The molecule has 0 aliphatic rings. The molecule has 2 unspecified atom stereocenters. The molecule has 0 spiro atoms. The molecule has 1 heterocycles. The summed E-state index contributed by atoms with van der Waals surface area (Å²) in [4.78, 5) is 28.3. The summed E-state index contributed by atoms with van der Waals surface area (Å²) in [7, 11) is 0. The fourth-order valence-electron chi connectivity index (χ4n) is 3.70. The molecule has 4 heteroatoms. The maximum atomic E-state index is 13.7. The number of carbonyl (C=O) groups is 1. The number of amides is 1. The summed E-state index contributed by atoms with van der Waals surface area (Å²) in [5.74, 6) is -0.106. The van der Waals surface area contributed by atoms with Crippen LogP contribution in [0.25, 0.3) is 21.9 Å². The minimum Gasteiger partial charge on any atom is -0.416 e. The van der Waals surface area contributed by atoms with E-state index in [4.69, 9.17) is 4.42 Å². The first kappa shape index (κ1) is 20.8. The van der Waals surface area contributed by atoms with E-state index in [0.29, 0.717) is 10.9 Å². The summed E-state index contributed by atoms with van der Waals surface area (Å²) >= 11 is 0. The third kappa shape index (κ3) is 3.98. The summed E-state index contributed by atoms with van der Waals surface area (Å²) in [5.41, 5.74) is 2.20. The third-order valence-electron chi connectivity index (χ3n) is 5.74. The first-order chi connectivity index (χ1) is 13.9. The van der Waals surface area contributed by atoms with E-state index in [1.54, 1.807) is 6.07 Å². The highest BCUT2D eigenvalue weighted by Crippen LogP contribution is 2.32. The van der Waals surface area contributed by atoms with Gasteiger partial charge in [0.05, 0.1) is 5.39 Å². The first-order valence-corrected chi connectivity index (χ1v) is 10.3. The second kappa shape index (κ2) is 8.64. The summed E-state index contributed by atoms with van der Waals surface area (Å²) in [6, 6.07) is 15.4. The Hall–Kier alpha value is -2.88. The van der Waals surface area contributed by atoms with Crippen molar-refractivity contribution in [2.45, 2.75) is 59.5 Å². The third-order valence-corrected chi connectivity index (χ3v) is 5.74. The lowest BCUT2D eigenvalue weighted by molar-refractivity contribution is 0.0562. The summed E-state index contributed by atoms with van der Waals surface area (Å²) in [6.07, 6.45) is 1.65. The molecule has 29 heavy (non-hydrogen) atoms. The number of fused-ring (bicyclic) bond motifs is 1. The molecule has 4 nitrogen and oxygen atoms in total. The van der Waals surface area contributed by atoms with Crippen LogP contribution in [0.15, 0.2) is 57.7 Å². The van der Waals surface area contributed by atoms with Crippen LogP contribution in [0.4, 0.5) is 0 Å². The Morgan fingerprint density at radius 3 is 2.03 bits per heavy atom. The predicted molar refractivity (Wildman–Crippen MR) is 118 cm³/mol. The topological polar surface area (TPSA) is 50.5 Å². The summed E-state index contributed by atoms with van der Waals surface area (Å²) in [5, 5.41) is 1.22. The number of carbonyl (C=O) groups excluding carboxylic acids is 1. The van der Waals surface area contributed by atoms with E-state index >= 15 is 0 Å². The lowest BCUT2D eigenvalue weighted by atomic mass is 9.96. The van der Waals surface area contributed by atoms with Gasteiger partial charge in [-0.3, -0.25) is 4.79 Å². The molecule has 1 aromatic heterocycles. The van der Waals surface area contributed by atoms with Crippen LogP contribution in [0.5, 0.6) is 0 Å². The van der Waals surface area contributed by atoms with E-state index in [1.807, 2.05) is 68.1 Å². The molecule has 0 aliphatic carbocycles. The van der Waals surface area contributed by atoms with Crippen LogP contribution in [-0.2, 0) is 0 Å². The Bertz CT molecular complexity index is 1060. The van der Waals surface area contributed by atoms with Gasteiger partial charge in [-0.2, -0.15) is 0 Å². The van der Waals surface area contributed by atoms with E-state index in [0.717, 1.165) is 29.4 Å². The maximum absolute atomic E-state index is 13.7. The Morgan fingerprint density at radius 2 is 1.48 bits per heavy atom. The van der Waals surface area contributed by atoms with Crippen LogP contribution in [0.1, 0.15) is 56.7 Å². The number of nitrogens with zero attached hydrogens (tertiary/aromatic N) is 1. The van der Waals surface area contributed by atoms with Gasteiger partial charge in [0.2, 0.25) is 5.76 Å². The molecule has 152 valence electrons. The number of hydrogen-bond donors (Lipinski definition) is 0. The van der Waals surface area contributed by atoms with E-state index in [2.05, 4.69) is 13.8 Å². The monoisotopic (exact) mass is 391 g/mol. The van der Waals surface area contributed by atoms with Gasteiger partial charge in [0.1, 0.15) is 0 Å². The zero-order chi connectivity index (χ0) is 21.1. The number of hydrogen-bond acceptors (Lipinski definition) is 3. The quantitative estimate of drug-likeness (QED) is 0.533. The zero-order valence-corrected chi connectivity index (χ0v) is 17.9. The molecule has 0 radical (unpaired) electrons. The normalized spacial score (nSPS) is 13.3. The Balaban J connectivity index is 2.31. The standard InChI is InChI=1S/C25H29NO3/c1-6-17(4)26(18(5)7-2)24(27)23-22(19-14-12-16(3)13-15-19)20-10-8-9-11-21(20)25(28)29-23/h8-15,17-18H,6-7H2,1-5H3. The average molecular weight is 392 g/mol. The van der Waals surface area contributed by atoms with Gasteiger partial charge in [-0.15, -0.1) is 0 Å². The molecule has 0 aliphatic heterocycles. The van der Waals surface area contributed by atoms with Crippen molar-refractivity contribution in [1.82, 2.24) is 4.90 Å². The van der Waals surface area contributed by atoms with Gasteiger partial charge >= 0.3 is 5.63 Å². The van der Waals surface area contributed by atoms with Crippen molar-refractivity contribution < 1.29 is 9.21 Å². The molecule has 0 saturated heterocycles. The van der Waals surface area contributed by atoms with Gasteiger partial charge < -0.3 is 9.32 Å². The highest BCUT2D eigenvalue weighted by atomic mass is 16.4. The fraction of sp³-hybridized carbons (Fsp3) is 0.360. The molecular weight excluding hydrogens is 362 g/mol. The van der Waals surface area contributed by atoms with Gasteiger partial charge in [-0.1, -0.05) is 61.9 Å². The fourth-order valence-corrected chi connectivity index (χ4v) is 3.70. The van der Waals surface area contributed by atoms with Crippen LogP contribution < -0.4 is 5.63 Å². The maximum Gasteiger partial charge on any atom is 0.344 e. The van der Waals surface area contributed by atoms with E-state index < -0.39 is 5.63 Å². The Labute approximate surface area is 172 Å². The smallest absolute Gasteiger partial charge is 0.344 e. The van der Waals surface area contributed by atoms with Crippen molar-refractivity contribution in [1.29, 1.82) is 0 Å². The largest absolute Gasteiger partial charge is 0.416 e. The van der Waals surface area contributed by atoms with Crippen molar-refractivity contribution in [2.24, 2.45) is 0 Å². The molecule has 3 aromatic rings. The van der Waals surface area contributed by atoms with Gasteiger partial charge in [0.15, 0.2) is 0 Å². The molecule has 1 amide bonds. The van der Waals surface area contributed by atoms with Crippen LogP contribution in [-0.4, -0.2) is 22.9 Å². The predicted octanol–water partition coefficient (Wildman–Crippen LogP) is 5.81. The van der Waals surface area contributed by atoms with Crippen molar-refractivity contribution >= 4 is 16.7 Å². The lowest BCUT2D eigenvalue weighted by Gasteiger charge is -2.34. The van der Waals surface area contributed by atoms with Crippen LogP contribution in [0.2, 0.25) is 0 Å². The molecule has 2 aromatic carbocycles. The molecule has 3 rings (SSSR count). The van der Waals surface area contributed by atoms with Gasteiger partial charge in [-0.05, 0) is 45.2 Å². The number of aryl methyl sites for hydroxylation is 1. The second-order valence-corrected chi connectivity index (χ2v) is 7.73. The van der Waals surface area contributed by atoms with Gasteiger partial charge in [0.25, 0.3) is 5.91 Å². The minimum atomic E-state index is -0.479.